The summed E-state index contributed by atoms with van der Waals surface area (Å²) in [7, 11) is 0. The molecule has 0 heterocycles. The van der Waals surface area contributed by atoms with E-state index in [1.807, 2.05) is 0 Å². The highest BCUT2D eigenvalue weighted by Crippen LogP contribution is 2.20. The van der Waals surface area contributed by atoms with E-state index >= 15 is 0 Å². The van der Waals surface area contributed by atoms with Crippen LogP contribution in [0.4, 0.5) is 5.69 Å². The van der Waals surface area contributed by atoms with Crippen molar-refractivity contribution in [3.63, 3.8) is 0 Å². The molecule has 1 N–H and O–H groups in total. The summed E-state index contributed by atoms with van der Waals surface area (Å²) in [5, 5.41) is 4.06. The standard InChI is InChI=1S/C9H8Cl2N2O/c1-6(14)9(11)13-12-8-5-3-2-4-7(8)10/h2-5,12H,1H3/b13-9+. The molecule has 5 heteroatoms. The number of carbonyl (C=O) groups excluding carboxylic acids is 1. The lowest BCUT2D eigenvalue weighted by Crippen LogP contribution is -2.04. The summed E-state index contributed by atoms with van der Waals surface area (Å²) in [4.78, 5) is 10.7. The molecule has 1 aromatic carbocycles. The highest BCUT2D eigenvalue weighted by Gasteiger charge is 2.01. The van der Waals surface area contributed by atoms with Gasteiger partial charge in [0.25, 0.3) is 0 Å². The van der Waals surface area contributed by atoms with Crippen LogP contribution < -0.4 is 5.43 Å². The number of benzene rings is 1. The Morgan fingerprint density at radius 1 is 1.43 bits per heavy atom. The first-order chi connectivity index (χ1) is 6.61. The number of Topliss-reactive ketones (excluding diaryl/α,β-unsaturated/α-hetero) is 1. The highest BCUT2D eigenvalue weighted by molar-refractivity contribution is 6.82. The van der Waals surface area contributed by atoms with Gasteiger partial charge in [-0.05, 0) is 12.1 Å². The van der Waals surface area contributed by atoms with Crippen molar-refractivity contribution in [2.24, 2.45) is 5.10 Å². The third kappa shape index (κ3) is 3.01. The minimum atomic E-state index is -0.300. The monoisotopic (exact) mass is 230 g/mol. The fraction of sp³-hybridized carbons (Fsp3) is 0.111. The van der Waals surface area contributed by atoms with Gasteiger partial charge in [-0.2, -0.15) is 5.10 Å². The van der Waals surface area contributed by atoms with Gasteiger partial charge in [-0.25, -0.2) is 0 Å². The number of halogens is 2. The Hall–Kier alpha value is -1.06. The van der Waals surface area contributed by atoms with Crippen molar-refractivity contribution in [2.75, 3.05) is 5.43 Å². The first kappa shape index (κ1) is 11.0. The van der Waals surface area contributed by atoms with E-state index in [4.69, 9.17) is 23.2 Å². The van der Waals surface area contributed by atoms with Crippen LogP contribution in [0.5, 0.6) is 0 Å². The second-order valence-corrected chi connectivity index (χ2v) is 3.32. The number of nitrogens with one attached hydrogen (secondary N) is 1. The molecule has 14 heavy (non-hydrogen) atoms. The van der Waals surface area contributed by atoms with Crippen molar-refractivity contribution in [2.45, 2.75) is 6.92 Å². The van der Waals surface area contributed by atoms with Crippen LogP contribution in [0.1, 0.15) is 6.92 Å². The maximum Gasteiger partial charge on any atom is 0.191 e. The van der Waals surface area contributed by atoms with Gasteiger partial charge in [0.05, 0.1) is 10.7 Å². The molecule has 0 aliphatic heterocycles. The minimum absolute atomic E-state index is 0.107. The highest BCUT2D eigenvalue weighted by atomic mass is 35.5. The quantitative estimate of drug-likeness (QED) is 0.641. The summed E-state index contributed by atoms with van der Waals surface area (Å²) in [5.74, 6) is -0.300. The van der Waals surface area contributed by atoms with Gasteiger partial charge in [0, 0.05) is 6.92 Å². The van der Waals surface area contributed by atoms with E-state index in [0.717, 1.165) is 0 Å². The number of ketones is 1. The van der Waals surface area contributed by atoms with Crippen LogP contribution >= 0.6 is 23.2 Å². The Kier molecular flexibility index (Phi) is 3.92. The summed E-state index contributed by atoms with van der Waals surface area (Å²) in [5.41, 5.74) is 3.20. The summed E-state index contributed by atoms with van der Waals surface area (Å²) in [6.45, 7) is 1.33. The zero-order valence-corrected chi connectivity index (χ0v) is 8.93. The fourth-order valence-corrected chi connectivity index (χ4v) is 0.960. The van der Waals surface area contributed by atoms with Crippen LogP contribution in [0, 0.1) is 0 Å². The van der Waals surface area contributed by atoms with E-state index in [1.165, 1.54) is 6.92 Å². The molecule has 1 aromatic rings. The number of hydrazone groups is 1. The zero-order chi connectivity index (χ0) is 10.6. The number of nitrogens with zero attached hydrogens (tertiary/aromatic N) is 1. The summed E-state index contributed by atoms with van der Waals surface area (Å²) in [6.07, 6.45) is 0. The van der Waals surface area contributed by atoms with Gasteiger partial charge in [-0.15, -0.1) is 0 Å². The molecule has 0 amide bonds. The average Bonchev–Trinajstić information content (AvgIpc) is 2.16. The Morgan fingerprint density at radius 2 is 2.07 bits per heavy atom. The minimum Gasteiger partial charge on any atom is -0.292 e. The van der Waals surface area contributed by atoms with Crippen LogP contribution in [0.2, 0.25) is 5.02 Å². The Balaban J connectivity index is 2.76. The lowest BCUT2D eigenvalue weighted by atomic mass is 10.3. The third-order valence-corrected chi connectivity index (χ3v) is 2.12. The summed E-state index contributed by atoms with van der Waals surface area (Å²) < 4.78 is 0. The Morgan fingerprint density at radius 3 is 2.64 bits per heavy atom. The van der Waals surface area contributed by atoms with Crippen LogP contribution in [0.3, 0.4) is 0 Å². The number of hydrogen-bond donors (Lipinski definition) is 1. The molecule has 0 radical (unpaired) electrons. The van der Waals surface area contributed by atoms with Gasteiger partial charge in [-0.1, -0.05) is 35.3 Å². The molecule has 0 saturated carbocycles. The maximum atomic E-state index is 10.7. The van der Waals surface area contributed by atoms with Crippen molar-refractivity contribution < 1.29 is 4.79 Å². The van der Waals surface area contributed by atoms with Gasteiger partial charge >= 0.3 is 0 Å². The van der Waals surface area contributed by atoms with Crippen molar-refractivity contribution >= 4 is 39.8 Å². The summed E-state index contributed by atoms with van der Waals surface area (Å²) >= 11 is 11.3. The predicted octanol–water partition coefficient (Wildman–Crippen LogP) is 2.89. The van der Waals surface area contributed by atoms with Gasteiger partial charge < -0.3 is 0 Å². The molecule has 0 spiro atoms. The maximum absolute atomic E-state index is 10.7. The first-order valence-corrected chi connectivity index (χ1v) is 4.61. The lowest BCUT2D eigenvalue weighted by Gasteiger charge is -2.01. The largest absolute Gasteiger partial charge is 0.292 e. The van der Waals surface area contributed by atoms with Crippen LogP contribution in [-0.2, 0) is 4.79 Å². The smallest absolute Gasteiger partial charge is 0.191 e. The molecule has 0 aliphatic rings. The third-order valence-electron chi connectivity index (χ3n) is 1.44. The number of hydrogen-bond acceptors (Lipinski definition) is 3. The molecule has 0 atom stereocenters. The van der Waals surface area contributed by atoms with Gasteiger partial charge in [0.2, 0.25) is 0 Å². The fourth-order valence-electron chi connectivity index (χ4n) is 0.740. The second kappa shape index (κ2) is 4.98. The molecular weight excluding hydrogens is 223 g/mol. The van der Waals surface area contributed by atoms with Crippen molar-refractivity contribution in [3.05, 3.63) is 29.3 Å². The Bertz CT molecular complexity index is 377. The average molecular weight is 231 g/mol. The van der Waals surface area contributed by atoms with E-state index in [-0.39, 0.29) is 11.0 Å². The normalized spacial score (nSPS) is 11.2. The number of rotatable bonds is 3. The predicted molar refractivity (Wildman–Crippen MR) is 59.0 cm³/mol. The first-order valence-electron chi connectivity index (χ1n) is 3.86. The van der Waals surface area contributed by atoms with Crippen molar-refractivity contribution in [1.82, 2.24) is 0 Å². The molecular formula is C9H8Cl2N2O. The van der Waals surface area contributed by atoms with Crippen molar-refractivity contribution in [3.8, 4) is 0 Å². The van der Waals surface area contributed by atoms with Gasteiger partial charge in [-0.3, -0.25) is 10.2 Å². The molecule has 3 nitrogen and oxygen atoms in total. The molecule has 0 bridgehead atoms. The van der Waals surface area contributed by atoms with E-state index in [1.54, 1.807) is 24.3 Å². The molecule has 0 aromatic heterocycles. The molecule has 0 aliphatic carbocycles. The molecule has 74 valence electrons. The molecule has 0 unspecified atom stereocenters. The lowest BCUT2D eigenvalue weighted by molar-refractivity contribution is -0.110. The molecule has 0 saturated heterocycles. The molecule has 0 fully saturated rings. The van der Waals surface area contributed by atoms with E-state index in [0.29, 0.717) is 10.7 Å². The second-order valence-electron chi connectivity index (χ2n) is 2.55. The SMILES string of the molecule is CC(=O)/C(Cl)=N\Nc1ccccc1Cl. The van der Waals surface area contributed by atoms with E-state index in [9.17, 15) is 4.79 Å². The van der Waals surface area contributed by atoms with Crippen molar-refractivity contribution in [1.29, 1.82) is 0 Å². The van der Waals surface area contributed by atoms with Crippen LogP contribution in [0.15, 0.2) is 29.4 Å². The Labute approximate surface area is 91.7 Å². The number of para-hydroxylation sites is 1. The topological polar surface area (TPSA) is 41.5 Å². The van der Waals surface area contributed by atoms with Crippen LogP contribution in [0.25, 0.3) is 0 Å². The number of carbonyl (C=O) groups is 1. The van der Waals surface area contributed by atoms with Crippen LogP contribution in [-0.4, -0.2) is 11.0 Å². The van der Waals surface area contributed by atoms with Gasteiger partial charge in [0.1, 0.15) is 0 Å². The zero-order valence-electron chi connectivity index (χ0n) is 7.42. The number of anilines is 1. The molecule has 1 rings (SSSR count). The van der Waals surface area contributed by atoms with E-state index in [2.05, 4.69) is 10.5 Å². The van der Waals surface area contributed by atoms with E-state index < -0.39 is 0 Å². The summed E-state index contributed by atoms with van der Waals surface area (Å²) in [6, 6.07) is 7.03. The van der Waals surface area contributed by atoms with Gasteiger partial charge in [0.15, 0.2) is 11.0 Å².